The van der Waals surface area contributed by atoms with Crippen molar-refractivity contribution in [1.82, 2.24) is 0 Å². The van der Waals surface area contributed by atoms with Crippen molar-refractivity contribution in [2.75, 3.05) is 23.4 Å². The van der Waals surface area contributed by atoms with Crippen molar-refractivity contribution in [3.05, 3.63) is 53.3 Å². The number of benzene rings is 2. The van der Waals surface area contributed by atoms with Crippen LogP contribution in [0.3, 0.4) is 0 Å². The van der Waals surface area contributed by atoms with E-state index in [0.29, 0.717) is 24.3 Å². The average molecular weight is 564 g/mol. The first-order valence-corrected chi connectivity index (χ1v) is 15.7. The Morgan fingerprint density at radius 1 is 1.24 bits per heavy atom. The topological polar surface area (TPSA) is 131 Å². The number of anilines is 2. The standard InChI is InChI=1S/C26H31FN3O6PS/c1-6-15(2)11-12-26(3)19-9-7-16(27)13-18(19)23(31)22(24(26)32)25-28-20-10-8-17(30-38(5,34)35)14-21(20)37(33,29-25)36-4/h7-10,13-15,22,30H,6,11-12H2,1-5H3,(H,28,29,33). The number of nitrogens with one attached hydrogen (secondary N) is 2. The molecule has 2 N–H and O–H groups in total. The van der Waals surface area contributed by atoms with Gasteiger partial charge in [-0.3, -0.25) is 18.9 Å². The van der Waals surface area contributed by atoms with Gasteiger partial charge in [0, 0.05) is 18.4 Å². The molecule has 0 saturated heterocycles. The van der Waals surface area contributed by atoms with Gasteiger partial charge in [-0.05, 0) is 61.6 Å². The zero-order valence-electron chi connectivity index (χ0n) is 21.9. The predicted octanol–water partition coefficient (Wildman–Crippen LogP) is 4.65. The molecule has 0 amide bonds. The number of hydrogen-bond acceptors (Lipinski definition) is 7. The lowest BCUT2D eigenvalue weighted by molar-refractivity contribution is -0.125. The van der Waals surface area contributed by atoms with Crippen molar-refractivity contribution >= 4 is 51.6 Å². The summed E-state index contributed by atoms with van der Waals surface area (Å²) in [7, 11) is -6.44. The summed E-state index contributed by atoms with van der Waals surface area (Å²) in [4.78, 5) is 27.8. The first kappa shape index (κ1) is 28.1. The highest BCUT2D eigenvalue weighted by Gasteiger charge is 2.52. The highest BCUT2D eigenvalue weighted by molar-refractivity contribution is 7.92. The molecular formula is C26H31FN3O6PS. The highest BCUT2D eigenvalue weighted by atomic mass is 32.2. The summed E-state index contributed by atoms with van der Waals surface area (Å²) >= 11 is 0. The van der Waals surface area contributed by atoms with Gasteiger partial charge in [-0.1, -0.05) is 26.3 Å². The van der Waals surface area contributed by atoms with E-state index in [4.69, 9.17) is 4.52 Å². The van der Waals surface area contributed by atoms with Gasteiger partial charge < -0.3 is 9.84 Å². The van der Waals surface area contributed by atoms with Crippen LogP contribution in [0, 0.1) is 17.7 Å². The third kappa shape index (κ3) is 5.07. The first-order valence-electron chi connectivity index (χ1n) is 12.3. The molecule has 9 nitrogen and oxygen atoms in total. The lowest BCUT2D eigenvalue weighted by Gasteiger charge is -2.39. The third-order valence-electron chi connectivity index (χ3n) is 7.37. The van der Waals surface area contributed by atoms with Crippen molar-refractivity contribution in [3.63, 3.8) is 0 Å². The van der Waals surface area contributed by atoms with E-state index in [2.05, 4.69) is 28.6 Å². The van der Waals surface area contributed by atoms with Gasteiger partial charge in [0.15, 0.2) is 11.6 Å². The first-order chi connectivity index (χ1) is 17.7. The molecule has 1 heterocycles. The van der Waals surface area contributed by atoms with E-state index in [1.807, 2.05) is 0 Å². The largest absolute Gasteiger partial charge is 0.348 e. The number of ketones is 2. The number of hydrogen-bond donors (Lipinski definition) is 2. The number of Topliss-reactive ketones (excluding diaryl/α,β-unsaturated/α-hetero) is 2. The van der Waals surface area contributed by atoms with Gasteiger partial charge in [0.05, 0.1) is 22.7 Å². The van der Waals surface area contributed by atoms with Crippen LogP contribution in [-0.4, -0.2) is 39.2 Å². The minimum Gasteiger partial charge on any atom is -0.342 e. The van der Waals surface area contributed by atoms with Gasteiger partial charge >= 0.3 is 7.52 Å². The molecule has 4 atom stereocenters. The van der Waals surface area contributed by atoms with Gasteiger partial charge in [-0.15, -0.1) is 0 Å². The maximum atomic E-state index is 14.3. The predicted molar refractivity (Wildman–Crippen MR) is 145 cm³/mol. The SMILES string of the molecule is CCC(C)CCC1(C)C(=O)C(C2=NP(=O)(OC)c3cc(NS(C)(=O)=O)ccc3N2)C(=O)c2cc(F)ccc21. The van der Waals surface area contributed by atoms with Crippen LogP contribution in [0.4, 0.5) is 15.8 Å². The van der Waals surface area contributed by atoms with Crippen LogP contribution in [0.1, 0.15) is 56.0 Å². The number of sulfonamides is 1. The molecule has 0 spiro atoms. The molecule has 204 valence electrons. The summed E-state index contributed by atoms with van der Waals surface area (Å²) in [5.41, 5.74) is -0.134. The number of carbonyl (C=O) groups is 2. The lowest BCUT2D eigenvalue weighted by atomic mass is 9.63. The molecule has 2 aromatic rings. The Morgan fingerprint density at radius 2 is 1.95 bits per heavy atom. The Morgan fingerprint density at radius 3 is 2.58 bits per heavy atom. The average Bonchev–Trinajstić information content (AvgIpc) is 2.85. The van der Waals surface area contributed by atoms with Crippen LogP contribution in [0.2, 0.25) is 0 Å². The fourth-order valence-corrected chi connectivity index (χ4v) is 7.08. The molecule has 4 unspecified atom stereocenters. The number of carbonyl (C=O) groups excluding carboxylic acids is 2. The normalized spacial score (nSPS) is 25.6. The number of halogens is 1. The van der Waals surface area contributed by atoms with Gasteiger partial charge in [0.2, 0.25) is 10.0 Å². The number of amidine groups is 1. The zero-order valence-corrected chi connectivity index (χ0v) is 23.6. The molecular weight excluding hydrogens is 532 g/mol. The summed E-state index contributed by atoms with van der Waals surface area (Å²) in [6.45, 7) is 5.89. The third-order valence-corrected chi connectivity index (χ3v) is 9.93. The lowest BCUT2D eigenvalue weighted by Crippen LogP contribution is -2.51. The smallest absolute Gasteiger partial charge is 0.342 e. The Hall–Kier alpha value is -2.88. The number of rotatable bonds is 8. The molecule has 1 aliphatic carbocycles. The van der Waals surface area contributed by atoms with Crippen molar-refractivity contribution in [3.8, 4) is 0 Å². The van der Waals surface area contributed by atoms with Crippen molar-refractivity contribution in [2.45, 2.75) is 45.4 Å². The Kier molecular flexibility index (Phi) is 7.42. The maximum absolute atomic E-state index is 14.3. The van der Waals surface area contributed by atoms with Gasteiger partial charge in [0.25, 0.3) is 0 Å². The summed E-state index contributed by atoms with van der Waals surface area (Å²) in [5, 5.41) is 3.03. The van der Waals surface area contributed by atoms with E-state index in [1.165, 1.54) is 37.4 Å². The molecule has 38 heavy (non-hydrogen) atoms. The minimum absolute atomic E-state index is 0.0825. The Bertz CT molecular complexity index is 1510. The molecule has 2 aromatic carbocycles. The monoisotopic (exact) mass is 563 g/mol. The Balaban J connectivity index is 1.82. The van der Waals surface area contributed by atoms with Gasteiger partial charge in [-0.25, -0.2) is 12.8 Å². The van der Waals surface area contributed by atoms with Gasteiger partial charge in [0.1, 0.15) is 17.6 Å². The molecule has 0 aromatic heterocycles. The fourth-order valence-electron chi connectivity index (χ4n) is 4.95. The number of fused-ring (bicyclic) bond motifs is 2. The van der Waals surface area contributed by atoms with Crippen molar-refractivity contribution < 1.29 is 31.5 Å². The molecule has 0 bridgehead atoms. The summed E-state index contributed by atoms with van der Waals surface area (Å²) < 4.78 is 63.3. The van der Waals surface area contributed by atoms with Crippen LogP contribution >= 0.6 is 7.52 Å². The summed E-state index contributed by atoms with van der Waals surface area (Å²) in [5.74, 6) is -2.93. The van der Waals surface area contributed by atoms with Crippen LogP contribution in [-0.2, 0) is 29.3 Å². The second kappa shape index (κ2) is 10.0. The second-order valence-electron chi connectivity index (χ2n) is 10.2. The van der Waals surface area contributed by atoms with E-state index in [-0.39, 0.29) is 28.1 Å². The Labute approximate surface area is 221 Å². The highest BCUT2D eigenvalue weighted by Crippen LogP contribution is 2.53. The number of nitrogens with zero attached hydrogens (tertiary/aromatic N) is 1. The molecule has 0 saturated carbocycles. The molecule has 2 aliphatic rings. The molecule has 0 fully saturated rings. The van der Waals surface area contributed by atoms with Crippen LogP contribution in [0.15, 0.2) is 41.2 Å². The second-order valence-corrected chi connectivity index (χ2v) is 14.0. The van der Waals surface area contributed by atoms with E-state index in [9.17, 15) is 27.0 Å². The zero-order chi connectivity index (χ0) is 28.0. The van der Waals surface area contributed by atoms with Crippen molar-refractivity contribution in [2.24, 2.45) is 16.6 Å². The van der Waals surface area contributed by atoms with Crippen molar-refractivity contribution in [1.29, 1.82) is 0 Å². The van der Waals surface area contributed by atoms with Crippen LogP contribution in [0.25, 0.3) is 0 Å². The molecule has 12 heteroatoms. The minimum atomic E-state index is -4.01. The van der Waals surface area contributed by atoms with E-state index in [0.717, 1.165) is 18.7 Å². The quantitative estimate of drug-likeness (QED) is 0.353. The molecule has 0 radical (unpaired) electrons. The van der Waals surface area contributed by atoms with Crippen LogP contribution in [0.5, 0.6) is 0 Å². The van der Waals surface area contributed by atoms with E-state index < -0.39 is 46.3 Å². The van der Waals surface area contributed by atoms with Gasteiger partial charge in [-0.2, -0.15) is 4.76 Å². The summed E-state index contributed by atoms with van der Waals surface area (Å²) in [6.07, 6.45) is 3.05. The molecule has 4 rings (SSSR count). The van der Waals surface area contributed by atoms with E-state index in [1.54, 1.807) is 6.92 Å². The molecule has 1 aliphatic heterocycles. The maximum Gasteiger partial charge on any atom is 0.348 e. The van der Waals surface area contributed by atoms with E-state index >= 15 is 0 Å². The summed E-state index contributed by atoms with van der Waals surface area (Å²) in [6, 6.07) is 8.12. The fraction of sp³-hybridized carbons (Fsp3) is 0.423. The van der Waals surface area contributed by atoms with Crippen LogP contribution < -0.4 is 15.3 Å².